The zero-order valence-corrected chi connectivity index (χ0v) is 19.6. The van der Waals surface area contributed by atoms with Crippen LogP contribution in [-0.2, 0) is 16.3 Å². The summed E-state index contributed by atoms with van der Waals surface area (Å²) in [5.74, 6) is 0.157. The number of hydrogen-bond acceptors (Lipinski definition) is 5. The molecule has 4 rings (SSSR count). The Hall–Kier alpha value is -2.52. The summed E-state index contributed by atoms with van der Waals surface area (Å²) in [6.45, 7) is 7.34. The second-order valence-electron chi connectivity index (χ2n) is 9.77. The normalized spacial score (nSPS) is 16.2. The number of nitrogens with two attached hydrogens (primary N) is 1. The first kappa shape index (κ1) is 21.7. The van der Waals surface area contributed by atoms with Gasteiger partial charge in [-0.25, -0.2) is 9.97 Å². The Morgan fingerprint density at radius 3 is 2.77 bits per heavy atom. The molecule has 9 heteroatoms. The van der Waals surface area contributed by atoms with Gasteiger partial charge in [0, 0.05) is 36.0 Å². The predicted octanol–water partition coefficient (Wildman–Crippen LogP) is 3.75. The number of hydrogen-bond donors (Lipinski definition) is 1. The lowest BCUT2D eigenvalue weighted by atomic mass is 9.95. The van der Waals surface area contributed by atoms with Gasteiger partial charge in [0.15, 0.2) is 0 Å². The molecule has 0 aromatic carbocycles. The second kappa shape index (κ2) is 8.92. The Balaban J connectivity index is 1.59. The van der Waals surface area contributed by atoms with E-state index >= 15 is 0 Å². The highest BCUT2D eigenvalue weighted by atomic mass is 28.3. The molecule has 3 heterocycles. The minimum absolute atomic E-state index is 0.00522. The fourth-order valence-corrected chi connectivity index (χ4v) is 5.16. The third-order valence-electron chi connectivity index (χ3n) is 5.89. The Kier molecular flexibility index (Phi) is 6.24. The van der Waals surface area contributed by atoms with Crippen molar-refractivity contribution in [2.45, 2.75) is 64.5 Å². The van der Waals surface area contributed by atoms with Crippen LogP contribution in [0, 0.1) is 5.92 Å². The summed E-state index contributed by atoms with van der Waals surface area (Å²) in [5, 5.41) is 5.57. The van der Waals surface area contributed by atoms with E-state index < -0.39 is 8.07 Å². The number of fused-ring (bicyclic) bond motifs is 1. The average Bonchev–Trinajstić information content (AvgIpc) is 3.46. The molecule has 1 fully saturated rings. The molecule has 0 spiro atoms. The molecule has 3 aromatic rings. The maximum Gasteiger partial charge on any atom is 0.219 e. The van der Waals surface area contributed by atoms with Gasteiger partial charge < -0.3 is 15.0 Å². The molecule has 1 saturated carbocycles. The van der Waals surface area contributed by atoms with Crippen LogP contribution in [0.5, 0.6) is 0 Å². The highest BCUT2D eigenvalue weighted by Gasteiger charge is 2.28. The zero-order chi connectivity index (χ0) is 22.0. The van der Waals surface area contributed by atoms with Gasteiger partial charge >= 0.3 is 0 Å². The molecule has 2 N–H and O–H groups in total. The number of aromatic nitrogens is 5. The first-order valence-electron chi connectivity index (χ1n) is 11.0. The van der Waals surface area contributed by atoms with Crippen LogP contribution in [0.3, 0.4) is 0 Å². The van der Waals surface area contributed by atoms with Gasteiger partial charge in [-0.05, 0) is 24.8 Å². The van der Waals surface area contributed by atoms with Gasteiger partial charge in [0.2, 0.25) is 5.91 Å². The molecule has 0 radical (unpaired) electrons. The van der Waals surface area contributed by atoms with E-state index in [1.165, 1.54) is 12.8 Å². The highest BCUT2D eigenvalue weighted by Crippen LogP contribution is 2.36. The van der Waals surface area contributed by atoms with Crippen molar-refractivity contribution >= 4 is 25.0 Å². The lowest BCUT2D eigenvalue weighted by molar-refractivity contribution is -0.119. The van der Waals surface area contributed by atoms with E-state index in [0.717, 1.165) is 41.4 Å². The van der Waals surface area contributed by atoms with E-state index in [2.05, 4.69) is 34.7 Å². The molecule has 0 bridgehead atoms. The molecule has 1 atom stereocenters. The number of ether oxygens (including phenoxy) is 1. The van der Waals surface area contributed by atoms with Gasteiger partial charge in [-0.2, -0.15) is 5.10 Å². The number of rotatable bonds is 9. The van der Waals surface area contributed by atoms with E-state index in [1.54, 1.807) is 6.33 Å². The van der Waals surface area contributed by atoms with Crippen LogP contribution >= 0.6 is 0 Å². The van der Waals surface area contributed by atoms with E-state index in [4.69, 9.17) is 10.5 Å². The standard InChI is InChI=1S/C22H32N6O2Si/c1-31(2,3)15-30-14-27-9-8-18-21(24-13-25-22(18)27)17-11-26-28(12-17)19(10-20(23)29)16-6-4-5-7-16/h8-9,11-13,16,19H,4-7,10,14-15H2,1-3H3,(H2,23,29)/t19-/m1/s1. The number of carbonyl (C=O) groups is 1. The average molecular weight is 441 g/mol. The van der Waals surface area contributed by atoms with Gasteiger partial charge in [-0.3, -0.25) is 9.48 Å². The molecule has 0 saturated heterocycles. The Morgan fingerprint density at radius 2 is 2.06 bits per heavy atom. The van der Waals surface area contributed by atoms with Crippen LogP contribution in [-0.4, -0.2) is 44.5 Å². The first-order valence-corrected chi connectivity index (χ1v) is 14.7. The molecule has 166 valence electrons. The van der Waals surface area contributed by atoms with Crippen LogP contribution in [0.15, 0.2) is 31.0 Å². The minimum Gasteiger partial charge on any atom is -0.370 e. The molecule has 1 amide bonds. The van der Waals surface area contributed by atoms with Crippen molar-refractivity contribution in [3.8, 4) is 11.3 Å². The van der Waals surface area contributed by atoms with Crippen molar-refractivity contribution < 1.29 is 9.53 Å². The predicted molar refractivity (Wildman–Crippen MR) is 123 cm³/mol. The summed E-state index contributed by atoms with van der Waals surface area (Å²) >= 11 is 0. The van der Waals surface area contributed by atoms with Crippen LogP contribution < -0.4 is 5.73 Å². The van der Waals surface area contributed by atoms with Crippen LogP contribution in [0.4, 0.5) is 0 Å². The Bertz CT molecular complexity index is 1050. The zero-order valence-electron chi connectivity index (χ0n) is 18.6. The highest BCUT2D eigenvalue weighted by molar-refractivity contribution is 6.76. The van der Waals surface area contributed by atoms with E-state index in [9.17, 15) is 4.79 Å². The van der Waals surface area contributed by atoms with Gasteiger partial charge in [0.1, 0.15) is 18.7 Å². The third-order valence-corrected chi connectivity index (χ3v) is 6.96. The maximum absolute atomic E-state index is 11.7. The Morgan fingerprint density at radius 1 is 1.29 bits per heavy atom. The number of amides is 1. The molecule has 1 aliphatic rings. The fraction of sp³-hybridized carbons (Fsp3) is 0.545. The van der Waals surface area contributed by atoms with Crippen molar-refractivity contribution in [3.05, 3.63) is 31.0 Å². The summed E-state index contributed by atoms with van der Waals surface area (Å²) in [5.41, 5.74) is 8.15. The summed E-state index contributed by atoms with van der Waals surface area (Å²) in [7, 11) is -1.27. The SMILES string of the molecule is C[Si](C)(C)COCn1ccc2c(-c3cnn([C@H](CC(N)=O)C4CCCC4)c3)ncnc21. The van der Waals surface area contributed by atoms with Crippen molar-refractivity contribution in [2.24, 2.45) is 11.7 Å². The fourth-order valence-electron chi connectivity index (χ4n) is 4.45. The third kappa shape index (κ3) is 5.04. The molecular weight excluding hydrogens is 408 g/mol. The largest absolute Gasteiger partial charge is 0.370 e. The molecular formula is C22H32N6O2Si. The molecule has 8 nitrogen and oxygen atoms in total. The molecule has 1 aliphatic carbocycles. The molecule has 0 unspecified atom stereocenters. The maximum atomic E-state index is 11.7. The Labute approximate surface area is 183 Å². The molecule has 3 aromatic heterocycles. The summed E-state index contributed by atoms with van der Waals surface area (Å²) in [6.07, 6.45) is 13.2. The van der Waals surface area contributed by atoms with Crippen LogP contribution in [0.2, 0.25) is 19.6 Å². The minimum atomic E-state index is -1.27. The smallest absolute Gasteiger partial charge is 0.219 e. The second-order valence-corrected chi connectivity index (χ2v) is 15.2. The lowest BCUT2D eigenvalue weighted by Gasteiger charge is -2.22. The molecule has 0 aliphatic heterocycles. The summed E-state index contributed by atoms with van der Waals surface area (Å²) < 4.78 is 9.86. The summed E-state index contributed by atoms with van der Waals surface area (Å²) in [6, 6.07) is 2.03. The van der Waals surface area contributed by atoms with Crippen molar-refractivity contribution in [2.75, 3.05) is 6.23 Å². The van der Waals surface area contributed by atoms with Gasteiger partial charge in [-0.15, -0.1) is 0 Å². The van der Waals surface area contributed by atoms with Gasteiger partial charge in [0.05, 0.1) is 26.0 Å². The van der Waals surface area contributed by atoms with Gasteiger partial charge in [0.25, 0.3) is 0 Å². The quantitative estimate of drug-likeness (QED) is 0.511. The van der Waals surface area contributed by atoms with Crippen molar-refractivity contribution in [1.29, 1.82) is 0 Å². The van der Waals surface area contributed by atoms with Crippen LogP contribution in [0.1, 0.15) is 38.1 Å². The lowest BCUT2D eigenvalue weighted by Crippen LogP contribution is -2.28. The number of carbonyl (C=O) groups excluding carboxylic acids is 1. The number of primary amides is 1. The van der Waals surface area contributed by atoms with E-state index in [-0.39, 0.29) is 11.9 Å². The van der Waals surface area contributed by atoms with Crippen molar-refractivity contribution in [1.82, 2.24) is 24.3 Å². The first-order chi connectivity index (χ1) is 14.8. The molecule has 31 heavy (non-hydrogen) atoms. The van der Waals surface area contributed by atoms with E-state index in [1.807, 2.05) is 33.9 Å². The summed E-state index contributed by atoms with van der Waals surface area (Å²) in [4.78, 5) is 20.7. The topological polar surface area (TPSA) is 101 Å². The van der Waals surface area contributed by atoms with Crippen molar-refractivity contribution in [3.63, 3.8) is 0 Å². The van der Waals surface area contributed by atoms with E-state index in [0.29, 0.717) is 19.1 Å². The number of nitrogens with zero attached hydrogens (tertiary/aromatic N) is 5. The van der Waals surface area contributed by atoms with Gasteiger partial charge in [-0.1, -0.05) is 32.5 Å². The monoisotopic (exact) mass is 440 g/mol. The van der Waals surface area contributed by atoms with Crippen LogP contribution in [0.25, 0.3) is 22.3 Å².